The van der Waals surface area contributed by atoms with E-state index in [1.54, 1.807) is 0 Å². The molecule has 0 bridgehead atoms. The third-order valence-corrected chi connectivity index (χ3v) is 10.1. The van der Waals surface area contributed by atoms with E-state index in [1.807, 2.05) is 78.9 Å². The molecule has 10 rings (SSSR count). The summed E-state index contributed by atoms with van der Waals surface area (Å²) in [5, 5.41) is 1.92. The number of aromatic nitrogens is 3. The van der Waals surface area contributed by atoms with Gasteiger partial charge in [-0.05, 0) is 59.2 Å². The highest BCUT2D eigenvalue weighted by atomic mass is 16.3. The summed E-state index contributed by atoms with van der Waals surface area (Å²) in [6, 6.07) is 71.1. The van der Waals surface area contributed by atoms with Crippen molar-refractivity contribution >= 4 is 39.0 Å². The van der Waals surface area contributed by atoms with Gasteiger partial charge in [0, 0.05) is 44.4 Å². The molecule has 0 atom stereocenters. The number of anilines is 3. The summed E-state index contributed by atoms with van der Waals surface area (Å²) in [4.78, 5) is 17.5. The lowest BCUT2D eigenvalue weighted by atomic mass is 10.0. The van der Waals surface area contributed by atoms with E-state index in [9.17, 15) is 0 Å². The zero-order valence-electron chi connectivity index (χ0n) is 30.3. The fourth-order valence-electron chi connectivity index (χ4n) is 7.46. The van der Waals surface area contributed by atoms with Crippen LogP contribution < -0.4 is 4.90 Å². The predicted molar refractivity (Wildman–Crippen MR) is 229 cm³/mol. The summed E-state index contributed by atoms with van der Waals surface area (Å²) >= 11 is 0. The molecule has 8 aromatic carbocycles. The molecule has 2 aromatic heterocycles. The maximum absolute atomic E-state index is 6.56. The Morgan fingerprint density at radius 3 is 1.48 bits per heavy atom. The van der Waals surface area contributed by atoms with E-state index in [2.05, 4.69) is 132 Å². The maximum Gasteiger partial charge on any atom is 0.164 e. The van der Waals surface area contributed by atoms with E-state index in [0.29, 0.717) is 17.5 Å². The second-order valence-corrected chi connectivity index (χ2v) is 13.6. The van der Waals surface area contributed by atoms with Gasteiger partial charge in [0.15, 0.2) is 17.5 Å². The molecule has 2 heterocycles. The Hall–Kier alpha value is -7.63. The smallest absolute Gasteiger partial charge is 0.164 e. The normalized spacial score (nSPS) is 11.2. The number of hydrogen-bond donors (Lipinski definition) is 0. The fourth-order valence-corrected chi connectivity index (χ4v) is 7.46. The minimum absolute atomic E-state index is 0.583. The van der Waals surface area contributed by atoms with Crippen molar-refractivity contribution in [2.75, 3.05) is 4.90 Å². The summed E-state index contributed by atoms with van der Waals surface area (Å²) in [5.74, 6) is 1.81. The molecule has 0 radical (unpaired) electrons. The molecule has 0 amide bonds. The van der Waals surface area contributed by atoms with Gasteiger partial charge < -0.3 is 9.32 Å². The van der Waals surface area contributed by atoms with Crippen molar-refractivity contribution in [3.05, 3.63) is 206 Å². The molecule has 0 N–H and O–H groups in total. The van der Waals surface area contributed by atoms with Crippen LogP contribution in [-0.2, 0) is 0 Å². The van der Waals surface area contributed by atoms with Crippen molar-refractivity contribution in [1.82, 2.24) is 15.0 Å². The number of benzene rings is 8. The SMILES string of the molecule is c1ccc(-c2ccc(N(c3ccc4oc5cccc(-c6nc(-c7ccccc7)nc(-c7ccccc7)n6)c5c4c3)c3ccccc3-c3ccccc3)cc2)cc1. The van der Waals surface area contributed by atoms with Gasteiger partial charge in [-0.25, -0.2) is 15.0 Å². The lowest BCUT2D eigenvalue weighted by molar-refractivity contribution is 0.669. The van der Waals surface area contributed by atoms with Gasteiger partial charge in [0.25, 0.3) is 0 Å². The molecule has 56 heavy (non-hydrogen) atoms. The standard InChI is InChI=1S/C51H34N4O/c1-5-16-35(17-6-1)36-28-30-40(31-29-36)55(45-26-14-13-24-42(45)37-18-7-2-8-19-37)41-32-33-46-44(34-41)48-43(25-15-27-47(48)56-46)51-53-49(38-20-9-3-10-21-38)52-50(54-51)39-22-11-4-12-23-39/h1-34H. The Labute approximate surface area is 324 Å². The lowest BCUT2D eigenvalue weighted by Crippen LogP contribution is -2.11. The quantitative estimate of drug-likeness (QED) is 0.157. The Kier molecular flexibility index (Phi) is 8.43. The number of para-hydroxylation sites is 1. The molecule has 0 spiro atoms. The van der Waals surface area contributed by atoms with Crippen LogP contribution in [0.2, 0.25) is 0 Å². The lowest BCUT2D eigenvalue weighted by Gasteiger charge is -2.28. The van der Waals surface area contributed by atoms with E-state index in [1.165, 1.54) is 5.56 Å². The van der Waals surface area contributed by atoms with Crippen molar-refractivity contribution in [2.24, 2.45) is 0 Å². The molecule has 10 aromatic rings. The molecule has 0 saturated carbocycles. The van der Waals surface area contributed by atoms with Crippen molar-refractivity contribution < 1.29 is 4.42 Å². The molecule has 0 aliphatic heterocycles. The number of hydrogen-bond acceptors (Lipinski definition) is 5. The summed E-state index contributed by atoms with van der Waals surface area (Å²) in [6.45, 7) is 0. The zero-order valence-corrected chi connectivity index (χ0v) is 30.3. The third kappa shape index (κ3) is 6.17. The maximum atomic E-state index is 6.56. The highest BCUT2D eigenvalue weighted by Crippen LogP contribution is 2.44. The fraction of sp³-hybridized carbons (Fsp3) is 0. The van der Waals surface area contributed by atoms with Crippen LogP contribution in [0.4, 0.5) is 17.1 Å². The van der Waals surface area contributed by atoms with Crippen LogP contribution in [0.5, 0.6) is 0 Å². The van der Waals surface area contributed by atoms with Gasteiger partial charge in [0.2, 0.25) is 0 Å². The monoisotopic (exact) mass is 718 g/mol. The van der Waals surface area contributed by atoms with Gasteiger partial charge in [0.05, 0.1) is 5.69 Å². The summed E-state index contributed by atoms with van der Waals surface area (Å²) in [5.41, 5.74) is 12.0. The first-order valence-electron chi connectivity index (χ1n) is 18.7. The number of furan rings is 1. The second-order valence-electron chi connectivity index (χ2n) is 13.6. The molecular formula is C51H34N4O. The molecule has 0 unspecified atom stereocenters. The van der Waals surface area contributed by atoms with Crippen molar-refractivity contribution in [3.63, 3.8) is 0 Å². The Morgan fingerprint density at radius 2 is 0.839 bits per heavy atom. The van der Waals surface area contributed by atoms with Crippen LogP contribution in [0, 0.1) is 0 Å². The molecule has 264 valence electrons. The van der Waals surface area contributed by atoms with Gasteiger partial charge in [-0.3, -0.25) is 0 Å². The average molecular weight is 719 g/mol. The Morgan fingerprint density at radius 1 is 0.339 bits per heavy atom. The first-order chi connectivity index (χ1) is 27.8. The van der Waals surface area contributed by atoms with Gasteiger partial charge in [0.1, 0.15) is 11.2 Å². The second kappa shape index (κ2) is 14.3. The van der Waals surface area contributed by atoms with E-state index in [0.717, 1.165) is 72.4 Å². The van der Waals surface area contributed by atoms with Crippen LogP contribution in [0.3, 0.4) is 0 Å². The molecule has 5 nitrogen and oxygen atoms in total. The molecular weight excluding hydrogens is 685 g/mol. The van der Waals surface area contributed by atoms with Crippen LogP contribution in [-0.4, -0.2) is 15.0 Å². The van der Waals surface area contributed by atoms with Crippen molar-refractivity contribution in [2.45, 2.75) is 0 Å². The Bertz CT molecular complexity index is 2890. The summed E-state index contributed by atoms with van der Waals surface area (Å²) in [6.07, 6.45) is 0. The molecule has 5 heteroatoms. The largest absolute Gasteiger partial charge is 0.456 e. The first kappa shape index (κ1) is 33.0. The van der Waals surface area contributed by atoms with Crippen molar-refractivity contribution in [3.8, 4) is 56.4 Å². The molecule has 0 aliphatic rings. The van der Waals surface area contributed by atoms with E-state index >= 15 is 0 Å². The Balaban J connectivity index is 1.18. The summed E-state index contributed by atoms with van der Waals surface area (Å²) < 4.78 is 6.56. The predicted octanol–water partition coefficient (Wildman–Crippen LogP) is 13.6. The zero-order chi connectivity index (χ0) is 37.3. The van der Waals surface area contributed by atoms with E-state index in [4.69, 9.17) is 19.4 Å². The minimum atomic E-state index is 0.583. The molecule has 0 fully saturated rings. The molecule has 0 aliphatic carbocycles. The van der Waals surface area contributed by atoms with Gasteiger partial charge >= 0.3 is 0 Å². The first-order valence-corrected chi connectivity index (χ1v) is 18.7. The average Bonchev–Trinajstić information content (AvgIpc) is 3.66. The van der Waals surface area contributed by atoms with Gasteiger partial charge in [-0.2, -0.15) is 0 Å². The van der Waals surface area contributed by atoms with Gasteiger partial charge in [-0.15, -0.1) is 0 Å². The van der Waals surface area contributed by atoms with Crippen LogP contribution in [0.1, 0.15) is 0 Å². The van der Waals surface area contributed by atoms with E-state index < -0.39 is 0 Å². The number of rotatable bonds is 8. The van der Waals surface area contributed by atoms with Crippen LogP contribution >= 0.6 is 0 Å². The minimum Gasteiger partial charge on any atom is -0.456 e. The third-order valence-electron chi connectivity index (χ3n) is 10.1. The van der Waals surface area contributed by atoms with Crippen molar-refractivity contribution in [1.29, 1.82) is 0 Å². The number of nitrogens with zero attached hydrogens (tertiary/aromatic N) is 4. The van der Waals surface area contributed by atoms with E-state index in [-0.39, 0.29) is 0 Å². The topological polar surface area (TPSA) is 55.1 Å². The van der Waals surface area contributed by atoms with Crippen LogP contribution in [0.15, 0.2) is 211 Å². The molecule has 0 saturated heterocycles. The summed E-state index contributed by atoms with van der Waals surface area (Å²) in [7, 11) is 0. The van der Waals surface area contributed by atoms with Gasteiger partial charge in [-0.1, -0.05) is 164 Å². The highest BCUT2D eigenvalue weighted by Gasteiger charge is 2.21. The van der Waals surface area contributed by atoms with Crippen LogP contribution in [0.25, 0.3) is 78.4 Å². The number of fused-ring (bicyclic) bond motifs is 3. The highest BCUT2D eigenvalue weighted by molar-refractivity contribution is 6.13.